The first-order chi connectivity index (χ1) is 4.74. The molecule has 0 aliphatic carbocycles. The number of benzene rings is 1. The van der Waals surface area contributed by atoms with Crippen LogP contribution in [0.1, 0.15) is 0 Å². The predicted molar refractivity (Wildman–Crippen MR) is 42.7 cm³/mol. The van der Waals surface area contributed by atoms with Crippen LogP contribution in [-0.4, -0.2) is 12.2 Å². The van der Waals surface area contributed by atoms with Gasteiger partial charge < -0.3 is 10.4 Å². The van der Waals surface area contributed by atoms with Crippen molar-refractivity contribution < 1.29 is 5.11 Å². The lowest BCUT2D eigenvalue weighted by molar-refractivity contribution is 0.475. The van der Waals surface area contributed by atoms with Gasteiger partial charge >= 0.3 is 0 Å². The molecular weight excluding hydrogens is 150 g/mol. The lowest BCUT2D eigenvalue weighted by Crippen LogP contribution is -1.87. The molecule has 3 heteroatoms. The van der Waals surface area contributed by atoms with Crippen LogP contribution in [0.15, 0.2) is 18.2 Å². The maximum Gasteiger partial charge on any atom is 0.117 e. The molecule has 2 N–H and O–H groups in total. The molecule has 0 spiro atoms. The molecule has 2 nitrogen and oxygen atoms in total. The predicted octanol–water partition coefficient (Wildman–Crippen LogP) is 2.09. The highest BCUT2D eigenvalue weighted by Gasteiger charge is 1.96. The molecule has 54 valence electrons. The van der Waals surface area contributed by atoms with Crippen LogP contribution in [0.2, 0.25) is 5.02 Å². The van der Waals surface area contributed by atoms with Crippen molar-refractivity contribution >= 4 is 17.3 Å². The summed E-state index contributed by atoms with van der Waals surface area (Å²) < 4.78 is 0. The summed E-state index contributed by atoms with van der Waals surface area (Å²) in [5.41, 5.74) is 0.738. The Bertz CT molecular complexity index is 237. The molecule has 0 amide bonds. The lowest BCUT2D eigenvalue weighted by atomic mass is 10.3. The van der Waals surface area contributed by atoms with E-state index in [0.29, 0.717) is 5.02 Å². The molecule has 0 radical (unpaired) electrons. The highest BCUT2D eigenvalue weighted by molar-refractivity contribution is 6.33. The summed E-state index contributed by atoms with van der Waals surface area (Å²) in [5.74, 6) is 0.216. The van der Waals surface area contributed by atoms with Crippen LogP contribution in [0, 0.1) is 0 Å². The van der Waals surface area contributed by atoms with Crippen LogP contribution in [-0.2, 0) is 0 Å². The summed E-state index contributed by atoms with van der Waals surface area (Å²) in [5, 5.41) is 12.4. The zero-order chi connectivity index (χ0) is 7.56. The van der Waals surface area contributed by atoms with Gasteiger partial charge in [0.1, 0.15) is 5.75 Å². The Balaban J connectivity index is 3.09. The quantitative estimate of drug-likeness (QED) is 0.654. The number of hydrogen-bond donors (Lipinski definition) is 2. The molecule has 10 heavy (non-hydrogen) atoms. The molecule has 0 saturated heterocycles. The van der Waals surface area contributed by atoms with Crippen LogP contribution in [0.25, 0.3) is 0 Å². The number of phenolic OH excluding ortho intramolecular Hbond substituents is 1. The Labute approximate surface area is 64.4 Å². The number of nitrogens with one attached hydrogen (secondary N) is 1. The van der Waals surface area contributed by atoms with Gasteiger partial charge in [-0.05, 0) is 12.1 Å². The van der Waals surface area contributed by atoms with Crippen molar-refractivity contribution in [2.24, 2.45) is 0 Å². The minimum Gasteiger partial charge on any atom is -0.508 e. The molecule has 1 rings (SSSR count). The first-order valence-electron chi connectivity index (χ1n) is 2.90. The molecule has 0 atom stereocenters. The third kappa shape index (κ3) is 1.33. The molecule has 0 aromatic heterocycles. The fraction of sp³-hybridized carbons (Fsp3) is 0.143. The van der Waals surface area contributed by atoms with Crippen LogP contribution < -0.4 is 5.32 Å². The minimum absolute atomic E-state index is 0.216. The Morgan fingerprint density at radius 3 is 2.70 bits per heavy atom. The van der Waals surface area contributed by atoms with Gasteiger partial charge in [-0.15, -0.1) is 0 Å². The van der Waals surface area contributed by atoms with Gasteiger partial charge in [0.15, 0.2) is 0 Å². The lowest BCUT2D eigenvalue weighted by Gasteiger charge is -2.01. The van der Waals surface area contributed by atoms with E-state index in [1.807, 2.05) is 0 Å². The van der Waals surface area contributed by atoms with Gasteiger partial charge in [0.25, 0.3) is 0 Å². The van der Waals surface area contributed by atoms with Crippen molar-refractivity contribution in [2.75, 3.05) is 12.4 Å². The van der Waals surface area contributed by atoms with Gasteiger partial charge in [-0.25, -0.2) is 0 Å². The largest absolute Gasteiger partial charge is 0.508 e. The van der Waals surface area contributed by atoms with Crippen molar-refractivity contribution in [2.45, 2.75) is 0 Å². The van der Waals surface area contributed by atoms with Crippen molar-refractivity contribution in [1.82, 2.24) is 0 Å². The Morgan fingerprint density at radius 2 is 2.20 bits per heavy atom. The van der Waals surface area contributed by atoms with E-state index >= 15 is 0 Å². The summed E-state index contributed by atoms with van der Waals surface area (Å²) >= 11 is 5.72. The molecule has 0 aliphatic heterocycles. The van der Waals surface area contributed by atoms with Crippen LogP contribution in [0.5, 0.6) is 5.75 Å². The average molecular weight is 158 g/mol. The van der Waals surface area contributed by atoms with Gasteiger partial charge in [-0.1, -0.05) is 11.6 Å². The molecule has 1 aromatic carbocycles. The van der Waals surface area contributed by atoms with E-state index in [2.05, 4.69) is 5.32 Å². The average Bonchev–Trinajstić information content (AvgIpc) is 1.94. The molecular formula is C7H8ClNO. The van der Waals surface area contributed by atoms with Gasteiger partial charge in [-0.3, -0.25) is 0 Å². The summed E-state index contributed by atoms with van der Waals surface area (Å²) in [6, 6.07) is 4.76. The van der Waals surface area contributed by atoms with E-state index in [1.165, 1.54) is 0 Å². The van der Waals surface area contributed by atoms with Crippen LogP contribution in [0.3, 0.4) is 0 Å². The van der Waals surface area contributed by atoms with E-state index in [0.717, 1.165) is 5.69 Å². The third-order valence-corrected chi connectivity index (χ3v) is 1.55. The van der Waals surface area contributed by atoms with Gasteiger partial charge in [-0.2, -0.15) is 0 Å². The summed E-state index contributed by atoms with van der Waals surface area (Å²) in [6.07, 6.45) is 0. The fourth-order valence-corrected chi connectivity index (χ4v) is 0.917. The highest BCUT2D eigenvalue weighted by atomic mass is 35.5. The minimum atomic E-state index is 0.216. The van der Waals surface area contributed by atoms with Crippen LogP contribution >= 0.6 is 11.6 Å². The number of rotatable bonds is 1. The molecule has 0 heterocycles. The second-order valence-corrected chi connectivity index (χ2v) is 2.32. The van der Waals surface area contributed by atoms with E-state index in [4.69, 9.17) is 16.7 Å². The topological polar surface area (TPSA) is 32.3 Å². The first-order valence-corrected chi connectivity index (χ1v) is 3.28. The van der Waals surface area contributed by atoms with Crippen molar-refractivity contribution in [3.63, 3.8) is 0 Å². The Morgan fingerprint density at radius 1 is 1.50 bits per heavy atom. The van der Waals surface area contributed by atoms with E-state index in [-0.39, 0.29) is 5.75 Å². The molecule has 1 aromatic rings. The number of phenols is 1. The first kappa shape index (κ1) is 7.22. The van der Waals surface area contributed by atoms with Gasteiger partial charge in [0.05, 0.1) is 10.7 Å². The Hall–Kier alpha value is -0.890. The van der Waals surface area contributed by atoms with Crippen LogP contribution in [0.4, 0.5) is 5.69 Å². The second-order valence-electron chi connectivity index (χ2n) is 1.91. The summed E-state index contributed by atoms with van der Waals surface area (Å²) in [4.78, 5) is 0. The van der Waals surface area contributed by atoms with Gasteiger partial charge in [0.2, 0.25) is 0 Å². The van der Waals surface area contributed by atoms with Crippen molar-refractivity contribution in [1.29, 1.82) is 0 Å². The van der Waals surface area contributed by atoms with E-state index < -0.39 is 0 Å². The number of hydrogen-bond acceptors (Lipinski definition) is 2. The zero-order valence-corrected chi connectivity index (χ0v) is 6.31. The van der Waals surface area contributed by atoms with E-state index in [1.54, 1.807) is 25.2 Å². The highest BCUT2D eigenvalue weighted by Crippen LogP contribution is 2.24. The molecule has 0 bridgehead atoms. The second kappa shape index (κ2) is 2.80. The Kier molecular flexibility index (Phi) is 2.02. The van der Waals surface area contributed by atoms with E-state index in [9.17, 15) is 0 Å². The molecule has 0 aliphatic rings. The van der Waals surface area contributed by atoms with Gasteiger partial charge in [0, 0.05) is 13.1 Å². The molecule has 0 fully saturated rings. The fourth-order valence-electron chi connectivity index (χ4n) is 0.705. The number of anilines is 1. The molecule has 0 saturated carbocycles. The zero-order valence-electron chi connectivity index (χ0n) is 5.56. The number of aromatic hydroxyl groups is 1. The monoisotopic (exact) mass is 157 g/mol. The third-order valence-electron chi connectivity index (χ3n) is 1.22. The normalized spacial score (nSPS) is 9.40. The summed E-state index contributed by atoms with van der Waals surface area (Å²) in [7, 11) is 1.75. The summed E-state index contributed by atoms with van der Waals surface area (Å²) in [6.45, 7) is 0. The standard InChI is InChI=1S/C7H8ClNO/c1-9-7-4-5(10)2-3-6(7)8/h2-4,9-10H,1H3. The number of halogens is 1. The molecule has 0 unspecified atom stereocenters. The smallest absolute Gasteiger partial charge is 0.117 e. The van der Waals surface area contributed by atoms with Crippen molar-refractivity contribution in [3.8, 4) is 5.75 Å². The maximum atomic E-state index is 8.97. The van der Waals surface area contributed by atoms with Crippen molar-refractivity contribution in [3.05, 3.63) is 23.2 Å². The maximum absolute atomic E-state index is 8.97. The SMILES string of the molecule is CNc1cc(O)ccc1Cl.